The van der Waals surface area contributed by atoms with Crippen LogP contribution < -0.4 is 16.0 Å². The first-order valence-electron chi connectivity index (χ1n) is 9.31. The Morgan fingerprint density at radius 1 is 1.19 bits per heavy atom. The second-order valence-electron chi connectivity index (χ2n) is 6.59. The summed E-state index contributed by atoms with van der Waals surface area (Å²) in [7, 11) is 1.75. The Hall–Kier alpha value is -1.60. The van der Waals surface area contributed by atoms with Crippen LogP contribution in [0.4, 0.5) is 5.69 Å². The van der Waals surface area contributed by atoms with Gasteiger partial charge in [0.2, 0.25) is 5.91 Å². The van der Waals surface area contributed by atoms with Crippen molar-refractivity contribution < 1.29 is 4.79 Å². The molecular weight excluding hydrogens is 394 g/mol. The van der Waals surface area contributed by atoms with E-state index in [1.807, 2.05) is 25.1 Å². The Balaban J connectivity index is 1.64. The molecule has 0 bridgehead atoms. The third-order valence-corrected chi connectivity index (χ3v) is 5.00. The molecule has 1 aromatic carbocycles. The van der Waals surface area contributed by atoms with Crippen LogP contribution in [0.15, 0.2) is 27.7 Å². The van der Waals surface area contributed by atoms with Crippen molar-refractivity contribution in [3.8, 4) is 0 Å². The molecule has 1 aliphatic heterocycles. The smallest absolute Gasteiger partial charge is 0.226 e. The van der Waals surface area contributed by atoms with E-state index in [-0.39, 0.29) is 5.91 Å². The first kappa shape index (κ1) is 20.7. The summed E-state index contributed by atoms with van der Waals surface area (Å²) in [6.45, 7) is 6.81. The molecule has 0 aromatic heterocycles. The van der Waals surface area contributed by atoms with Crippen molar-refractivity contribution in [2.75, 3.05) is 45.1 Å². The van der Waals surface area contributed by atoms with Crippen molar-refractivity contribution in [3.63, 3.8) is 0 Å². The summed E-state index contributed by atoms with van der Waals surface area (Å²) in [4.78, 5) is 18.8. The van der Waals surface area contributed by atoms with Gasteiger partial charge in [0, 0.05) is 43.3 Å². The van der Waals surface area contributed by atoms with E-state index in [1.54, 1.807) is 7.05 Å². The predicted molar refractivity (Wildman–Crippen MR) is 112 cm³/mol. The van der Waals surface area contributed by atoms with Crippen LogP contribution in [0.5, 0.6) is 0 Å². The molecule has 0 saturated carbocycles. The summed E-state index contributed by atoms with van der Waals surface area (Å²) < 4.78 is 0.954. The van der Waals surface area contributed by atoms with Crippen LogP contribution in [0.3, 0.4) is 0 Å². The molecule has 2 rings (SSSR count). The quantitative estimate of drug-likeness (QED) is 0.465. The number of benzene rings is 1. The van der Waals surface area contributed by atoms with Gasteiger partial charge in [-0.15, -0.1) is 0 Å². The molecule has 0 radical (unpaired) electrons. The number of anilines is 1. The molecule has 1 amide bonds. The minimum absolute atomic E-state index is 0.0116. The fourth-order valence-electron chi connectivity index (χ4n) is 2.97. The topological polar surface area (TPSA) is 68.8 Å². The maximum atomic E-state index is 12.1. The van der Waals surface area contributed by atoms with Gasteiger partial charge in [0.25, 0.3) is 0 Å². The van der Waals surface area contributed by atoms with Gasteiger partial charge in [-0.2, -0.15) is 0 Å². The van der Waals surface area contributed by atoms with E-state index in [1.165, 1.54) is 32.4 Å². The summed E-state index contributed by atoms with van der Waals surface area (Å²) in [6.07, 6.45) is 4.35. The number of aryl methyl sites for hydroxylation is 1. The largest absolute Gasteiger partial charge is 0.356 e. The van der Waals surface area contributed by atoms with Gasteiger partial charge in [0.05, 0.1) is 0 Å². The number of rotatable bonds is 7. The van der Waals surface area contributed by atoms with Crippen LogP contribution >= 0.6 is 15.9 Å². The SMILES string of the molecule is CN=C(NCCC(=O)Nc1cc(Br)ccc1C)NCCN1CCCCC1. The van der Waals surface area contributed by atoms with E-state index in [0.29, 0.717) is 13.0 Å². The molecule has 6 nitrogen and oxygen atoms in total. The molecule has 1 saturated heterocycles. The van der Waals surface area contributed by atoms with Gasteiger partial charge in [0.1, 0.15) is 0 Å². The summed E-state index contributed by atoms with van der Waals surface area (Å²) in [5, 5.41) is 9.47. The molecule has 26 heavy (non-hydrogen) atoms. The maximum absolute atomic E-state index is 12.1. The number of nitrogens with zero attached hydrogens (tertiary/aromatic N) is 2. The molecule has 0 unspecified atom stereocenters. The molecular formula is C19H30BrN5O. The second-order valence-corrected chi connectivity index (χ2v) is 7.50. The van der Waals surface area contributed by atoms with Crippen molar-refractivity contribution in [3.05, 3.63) is 28.2 Å². The zero-order valence-corrected chi connectivity index (χ0v) is 17.4. The van der Waals surface area contributed by atoms with Gasteiger partial charge in [-0.3, -0.25) is 9.79 Å². The van der Waals surface area contributed by atoms with Crippen LogP contribution in [0.25, 0.3) is 0 Å². The van der Waals surface area contributed by atoms with Crippen molar-refractivity contribution >= 4 is 33.5 Å². The zero-order chi connectivity index (χ0) is 18.8. The lowest BCUT2D eigenvalue weighted by Crippen LogP contribution is -2.43. The van der Waals surface area contributed by atoms with Crippen molar-refractivity contribution in [2.24, 2.45) is 4.99 Å². The van der Waals surface area contributed by atoms with Crippen LogP contribution in [0.1, 0.15) is 31.2 Å². The lowest BCUT2D eigenvalue weighted by atomic mass is 10.1. The van der Waals surface area contributed by atoms with E-state index in [9.17, 15) is 4.79 Å². The number of hydrogen-bond acceptors (Lipinski definition) is 3. The lowest BCUT2D eigenvalue weighted by Gasteiger charge is -2.26. The first-order chi connectivity index (χ1) is 12.6. The normalized spacial score (nSPS) is 15.6. The molecule has 144 valence electrons. The van der Waals surface area contributed by atoms with Crippen LogP contribution in [0, 0.1) is 6.92 Å². The highest BCUT2D eigenvalue weighted by atomic mass is 79.9. The van der Waals surface area contributed by atoms with Gasteiger partial charge in [0.15, 0.2) is 5.96 Å². The monoisotopic (exact) mass is 423 g/mol. The van der Waals surface area contributed by atoms with Crippen molar-refractivity contribution in [2.45, 2.75) is 32.6 Å². The summed E-state index contributed by atoms with van der Waals surface area (Å²) >= 11 is 3.43. The molecule has 0 spiro atoms. The van der Waals surface area contributed by atoms with Gasteiger partial charge in [-0.1, -0.05) is 28.4 Å². The number of aliphatic imine (C=N–C) groups is 1. The standard InChI is InChI=1S/C19H30BrN5O/c1-15-6-7-16(20)14-17(15)24-18(26)8-9-22-19(21-2)23-10-13-25-11-4-3-5-12-25/h6-7,14H,3-5,8-13H2,1-2H3,(H,24,26)(H2,21,22,23). The zero-order valence-electron chi connectivity index (χ0n) is 15.8. The van der Waals surface area contributed by atoms with E-state index >= 15 is 0 Å². The summed E-state index contributed by atoms with van der Waals surface area (Å²) in [5.41, 5.74) is 1.89. The highest BCUT2D eigenvalue weighted by Gasteiger charge is 2.10. The molecule has 0 atom stereocenters. The highest BCUT2D eigenvalue weighted by molar-refractivity contribution is 9.10. The number of nitrogens with one attached hydrogen (secondary N) is 3. The lowest BCUT2D eigenvalue weighted by molar-refractivity contribution is -0.116. The Morgan fingerprint density at radius 3 is 2.65 bits per heavy atom. The van der Waals surface area contributed by atoms with Gasteiger partial charge in [-0.25, -0.2) is 0 Å². The van der Waals surface area contributed by atoms with Crippen LogP contribution in [-0.2, 0) is 4.79 Å². The molecule has 7 heteroatoms. The number of hydrogen-bond donors (Lipinski definition) is 3. The average molecular weight is 424 g/mol. The van der Waals surface area contributed by atoms with E-state index < -0.39 is 0 Å². The number of piperidine rings is 1. The van der Waals surface area contributed by atoms with Gasteiger partial charge >= 0.3 is 0 Å². The maximum Gasteiger partial charge on any atom is 0.226 e. The average Bonchev–Trinajstić information content (AvgIpc) is 2.64. The van der Waals surface area contributed by atoms with Gasteiger partial charge < -0.3 is 20.9 Å². The van der Waals surface area contributed by atoms with Crippen LogP contribution in [0.2, 0.25) is 0 Å². The number of carbonyl (C=O) groups excluding carboxylic acids is 1. The van der Waals surface area contributed by atoms with E-state index in [2.05, 4.69) is 41.8 Å². The molecule has 1 fully saturated rings. The minimum atomic E-state index is -0.0116. The predicted octanol–water partition coefficient (Wildman–Crippen LogP) is 2.74. The Labute approximate surface area is 165 Å². The summed E-state index contributed by atoms with van der Waals surface area (Å²) in [5.74, 6) is 0.732. The third kappa shape index (κ3) is 7.33. The van der Waals surface area contributed by atoms with E-state index in [0.717, 1.165) is 34.8 Å². The third-order valence-electron chi connectivity index (χ3n) is 4.51. The number of carbonyl (C=O) groups is 1. The fraction of sp³-hybridized carbons (Fsp3) is 0.579. The van der Waals surface area contributed by atoms with Gasteiger partial charge in [-0.05, 0) is 50.6 Å². The molecule has 3 N–H and O–H groups in total. The van der Waals surface area contributed by atoms with Crippen molar-refractivity contribution in [1.82, 2.24) is 15.5 Å². The number of guanidine groups is 1. The summed E-state index contributed by atoms with van der Waals surface area (Å²) in [6, 6.07) is 5.86. The second kappa shape index (κ2) is 11.2. The first-order valence-corrected chi connectivity index (χ1v) is 10.1. The van der Waals surface area contributed by atoms with E-state index in [4.69, 9.17) is 0 Å². The molecule has 0 aliphatic carbocycles. The molecule has 1 aromatic rings. The van der Waals surface area contributed by atoms with Crippen molar-refractivity contribution in [1.29, 1.82) is 0 Å². The Kier molecular flexibility index (Phi) is 8.91. The highest BCUT2D eigenvalue weighted by Crippen LogP contribution is 2.20. The Morgan fingerprint density at radius 2 is 1.92 bits per heavy atom. The molecule has 1 aliphatic rings. The van der Waals surface area contributed by atoms with Crippen LogP contribution in [-0.4, -0.2) is 56.5 Å². The number of amides is 1. The Bertz CT molecular complexity index is 614. The molecule has 1 heterocycles. The number of likely N-dealkylation sites (tertiary alicyclic amines) is 1. The minimum Gasteiger partial charge on any atom is -0.356 e. The fourth-order valence-corrected chi connectivity index (χ4v) is 3.33. The number of halogens is 1.